The highest BCUT2D eigenvalue weighted by atomic mass is 79.9. The number of nitrogens with one attached hydrogen (secondary N) is 2. The number of aromatic nitrogens is 2. The summed E-state index contributed by atoms with van der Waals surface area (Å²) >= 11 is 3.50. The summed E-state index contributed by atoms with van der Waals surface area (Å²) in [6.45, 7) is 4.96. The minimum absolute atomic E-state index is 0.687. The molecule has 0 atom stereocenters. The third-order valence-electron chi connectivity index (χ3n) is 3.98. The summed E-state index contributed by atoms with van der Waals surface area (Å²) in [4.78, 5) is 11.2. The molecule has 2 N–H and O–H groups in total. The predicted octanol–water partition coefficient (Wildman–Crippen LogP) is 3.35. The number of hydrogen-bond acceptors (Lipinski definition) is 5. The summed E-state index contributed by atoms with van der Waals surface area (Å²) in [7, 11) is 2.22. The van der Waals surface area contributed by atoms with E-state index in [1.54, 1.807) is 6.20 Å². The van der Waals surface area contributed by atoms with E-state index in [-0.39, 0.29) is 0 Å². The van der Waals surface area contributed by atoms with Crippen LogP contribution in [-0.2, 0) is 0 Å². The maximum atomic E-state index is 4.51. The third kappa shape index (κ3) is 5.11. The number of halogens is 1. The van der Waals surface area contributed by atoms with Gasteiger partial charge in [0, 0.05) is 31.9 Å². The maximum Gasteiger partial charge on any atom is 0.224 e. The quantitative estimate of drug-likeness (QED) is 0.748. The van der Waals surface area contributed by atoms with Crippen LogP contribution in [0.25, 0.3) is 0 Å². The second-order valence-electron chi connectivity index (χ2n) is 5.66. The van der Waals surface area contributed by atoms with Crippen LogP contribution in [0.1, 0.15) is 39.0 Å². The van der Waals surface area contributed by atoms with E-state index in [4.69, 9.17) is 0 Å². The Bertz CT molecular complexity index is 434. The molecule has 0 radical (unpaired) electrons. The molecule has 0 saturated heterocycles. The lowest BCUT2D eigenvalue weighted by Crippen LogP contribution is -2.33. The average molecular weight is 356 g/mol. The molecule has 1 aromatic rings. The Morgan fingerprint density at radius 2 is 2.05 bits per heavy atom. The molecule has 0 spiro atoms. The number of hydrogen-bond donors (Lipinski definition) is 2. The van der Waals surface area contributed by atoms with Gasteiger partial charge < -0.3 is 15.5 Å². The Morgan fingerprint density at radius 1 is 1.29 bits per heavy atom. The minimum Gasteiger partial charge on any atom is -0.368 e. The summed E-state index contributed by atoms with van der Waals surface area (Å²) in [6.07, 6.45) is 8.32. The average Bonchev–Trinajstić information content (AvgIpc) is 3.02. The lowest BCUT2D eigenvalue weighted by Gasteiger charge is -2.24. The van der Waals surface area contributed by atoms with Gasteiger partial charge in [0.05, 0.1) is 4.47 Å². The lowest BCUT2D eigenvalue weighted by atomic mass is 10.2. The van der Waals surface area contributed by atoms with Crippen LogP contribution in [0.4, 0.5) is 11.8 Å². The number of anilines is 2. The molecule has 1 aromatic heterocycles. The topological polar surface area (TPSA) is 53.1 Å². The van der Waals surface area contributed by atoms with Crippen molar-refractivity contribution in [2.45, 2.75) is 45.1 Å². The van der Waals surface area contributed by atoms with E-state index in [9.17, 15) is 0 Å². The van der Waals surface area contributed by atoms with Crippen molar-refractivity contribution in [3.8, 4) is 0 Å². The Labute approximate surface area is 136 Å². The number of nitrogens with zero attached hydrogens (tertiary/aromatic N) is 3. The van der Waals surface area contributed by atoms with Gasteiger partial charge in [0.15, 0.2) is 0 Å². The van der Waals surface area contributed by atoms with Crippen LogP contribution in [0.3, 0.4) is 0 Å². The Hall–Kier alpha value is -0.880. The van der Waals surface area contributed by atoms with Gasteiger partial charge in [-0.2, -0.15) is 4.98 Å². The highest BCUT2D eigenvalue weighted by Gasteiger charge is 2.18. The highest BCUT2D eigenvalue weighted by molar-refractivity contribution is 9.10. The van der Waals surface area contributed by atoms with E-state index in [1.807, 2.05) is 0 Å². The molecule has 118 valence electrons. The van der Waals surface area contributed by atoms with Crippen LogP contribution in [0, 0.1) is 0 Å². The van der Waals surface area contributed by atoms with Crippen molar-refractivity contribution in [2.75, 3.05) is 37.3 Å². The smallest absolute Gasteiger partial charge is 0.224 e. The molecule has 2 rings (SSSR count). The fourth-order valence-corrected chi connectivity index (χ4v) is 3.02. The lowest BCUT2D eigenvalue weighted by molar-refractivity contribution is 0.254. The molecule has 6 heteroatoms. The van der Waals surface area contributed by atoms with Crippen molar-refractivity contribution in [1.82, 2.24) is 14.9 Å². The van der Waals surface area contributed by atoms with Gasteiger partial charge in [-0.25, -0.2) is 4.98 Å². The zero-order valence-electron chi connectivity index (χ0n) is 13.0. The van der Waals surface area contributed by atoms with Crippen LogP contribution in [-0.4, -0.2) is 47.6 Å². The first kappa shape index (κ1) is 16.5. The molecular weight excluding hydrogens is 330 g/mol. The van der Waals surface area contributed by atoms with Crippen molar-refractivity contribution in [2.24, 2.45) is 0 Å². The standard InChI is InChI=1S/C15H26BrN5/c1-3-8-18-15-19-11-13(16)14(20-15)17-9-10-21(2)12-6-4-5-7-12/h11-12H,3-10H2,1-2H3,(H2,17,18,19,20). The van der Waals surface area contributed by atoms with Gasteiger partial charge in [0.25, 0.3) is 0 Å². The Kier molecular flexibility index (Phi) is 6.70. The largest absolute Gasteiger partial charge is 0.368 e. The zero-order chi connectivity index (χ0) is 15.1. The second-order valence-corrected chi connectivity index (χ2v) is 6.52. The molecule has 0 bridgehead atoms. The molecule has 0 unspecified atom stereocenters. The second kappa shape index (κ2) is 8.54. The van der Waals surface area contributed by atoms with Gasteiger partial charge in [-0.05, 0) is 42.2 Å². The molecule has 1 aliphatic rings. The summed E-state index contributed by atoms with van der Waals surface area (Å²) in [5, 5.41) is 6.62. The van der Waals surface area contributed by atoms with Crippen LogP contribution in [0.5, 0.6) is 0 Å². The van der Waals surface area contributed by atoms with Gasteiger partial charge >= 0.3 is 0 Å². The predicted molar refractivity (Wildman–Crippen MR) is 91.9 cm³/mol. The first-order valence-electron chi connectivity index (χ1n) is 7.91. The molecular formula is C15H26BrN5. The van der Waals surface area contributed by atoms with Crippen molar-refractivity contribution >= 4 is 27.7 Å². The fraction of sp³-hybridized carbons (Fsp3) is 0.733. The molecule has 0 aliphatic heterocycles. The normalized spacial score (nSPS) is 15.6. The Morgan fingerprint density at radius 3 is 2.76 bits per heavy atom. The van der Waals surface area contributed by atoms with Crippen molar-refractivity contribution in [1.29, 1.82) is 0 Å². The van der Waals surface area contributed by atoms with Crippen LogP contribution in [0.2, 0.25) is 0 Å². The monoisotopic (exact) mass is 355 g/mol. The van der Waals surface area contributed by atoms with Crippen molar-refractivity contribution in [3.05, 3.63) is 10.7 Å². The van der Waals surface area contributed by atoms with E-state index in [0.717, 1.165) is 42.4 Å². The first-order valence-corrected chi connectivity index (χ1v) is 8.70. The summed E-state index contributed by atoms with van der Waals surface area (Å²) in [5.74, 6) is 1.55. The maximum absolute atomic E-state index is 4.51. The molecule has 1 saturated carbocycles. The summed E-state index contributed by atoms with van der Waals surface area (Å²) in [5.41, 5.74) is 0. The van der Waals surface area contributed by atoms with Gasteiger partial charge in [-0.3, -0.25) is 0 Å². The minimum atomic E-state index is 0.687. The third-order valence-corrected chi connectivity index (χ3v) is 4.56. The molecule has 1 fully saturated rings. The van der Waals surface area contributed by atoms with Gasteiger partial charge in [-0.15, -0.1) is 0 Å². The fourth-order valence-electron chi connectivity index (χ4n) is 2.69. The molecule has 5 nitrogen and oxygen atoms in total. The molecule has 0 aromatic carbocycles. The van der Waals surface area contributed by atoms with Crippen LogP contribution >= 0.6 is 15.9 Å². The number of likely N-dealkylation sites (N-methyl/N-ethyl adjacent to an activating group) is 1. The van der Waals surface area contributed by atoms with Crippen LogP contribution in [0.15, 0.2) is 10.7 Å². The van der Waals surface area contributed by atoms with Gasteiger partial charge in [0.2, 0.25) is 5.95 Å². The van der Waals surface area contributed by atoms with Gasteiger partial charge in [-0.1, -0.05) is 19.8 Å². The van der Waals surface area contributed by atoms with Crippen molar-refractivity contribution in [3.63, 3.8) is 0 Å². The molecule has 1 heterocycles. The highest BCUT2D eigenvalue weighted by Crippen LogP contribution is 2.23. The van der Waals surface area contributed by atoms with Gasteiger partial charge in [0.1, 0.15) is 5.82 Å². The molecule has 21 heavy (non-hydrogen) atoms. The van der Waals surface area contributed by atoms with E-state index in [1.165, 1.54) is 25.7 Å². The SMILES string of the molecule is CCCNc1ncc(Br)c(NCCN(C)C2CCCC2)n1. The summed E-state index contributed by atoms with van der Waals surface area (Å²) < 4.78 is 0.910. The Balaban J connectivity index is 1.81. The molecule has 0 amide bonds. The van der Waals surface area contributed by atoms with E-state index >= 15 is 0 Å². The van der Waals surface area contributed by atoms with E-state index in [0.29, 0.717) is 5.95 Å². The zero-order valence-corrected chi connectivity index (χ0v) is 14.6. The van der Waals surface area contributed by atoms with E-state index in [2.05, 4.69) is 55.4 Å². The van der Waals surface area contributed by atoms with Crippen LogP contribution < -0.4 is 10.6 Å². The number of rotatable bonds is 8. The summed E-state index contributed by atoms with van der Waals surface area (Å²) in [6, 6.07) is 0.766. The molecule has 1 aliphatic carbocycles. The van der Waals surface area contributed by atoms with Crippen molar-refractivity contribution < 1.29 is 0 Å². The first-order chi connectivity index (χ1) is 10.2. The van der Waals surface area contributed by atoms with E-state index < -0.39 is 0 Å².